The van der Waals surface area contributed by atoms with Crippen molar-refractivity contribution in [2.24, 2.45) is 0 Å². The van der Waals surface area contributed by atoms with Crippen molar-refractivity contribution in [1.82, 2.24) is 0 Å². The van der Waals surface area contributed by atoms with Crippen LogP contribution < -0.4 is 0 Å². The predicted molar refractivity (Wildman–Crippen MR) is 49.6 cm³/mol. The van der Waals surface area contributed by atoms with E-state index in [0.717, 1.165) is 0 Å². The van der Waals surface area contributed by atoms with Crippen LogP contribution in [0.2, 0.25) is 0 Å². The quantitative estimate of drug-likeness (QED) is 0.382. The topological polar surface area (TPSA) is 91.7 Å². The minimum atomic E-state index is -3.98. The van der Waals surface area contributed by atoms with Crippen LogP contribution in [0.5, 0.6) is 0 Å². The molecular formula is C6H11NaO5S. The van der Waals surface area contributed by atoms with Gasteiger partial charge < -0.3 is 5.11 Å². The van der Waals surface area contributed by atoms with Crippen LogP contribution in [0.3, 0.4) is 0 Å². The average Bonchev–Trinajstić information content (AvgIpc) is 1.84. The summed E-state index contributed by atoms with van der Waals surface area (Å²) in [6.45, 7) is 1.35. The van der Waals surface area contributed by atoms with E-state index in [4.69, 9.17) is 9.66 Å². The van der Waals surface area contributed by atoms with E-state index in [0.29, 0.717) is 0 Å². The molecule has 0 aliphatic rings. The van der Waals surface area contributed by atoms with Gasteiger partial charge in [-0.25, -0.2) is 4.79 Å². The van der Waals surface area contributed by atoms with Crippen LogP contribution in [0.4, 0.5) is 0 Å². The molecule has 0 bridgehead atoms. The molecule has 0 aromatic carbocycles. The fourth-order valence-electron chi connectivity index (χ4n) is 0.512. The Hall–Kier alpha value is 0.120. The predicted octanol–water partition coefficient (Wildman–Crippen LogP) is -0.353. The molecule has 0 saturated carbocycles. The number of hydrogen-bond donors (Lipinski definition) is 2. The molecule has 0 rings (SSSR count). The molecule has 0 fully saturated rings. The first-order valence-corrected chi connectivity index (χ1v) is 4.79. The zero-order valence-electron chi connectivity index (χ0n) is 6.52. The Morgan fingerprint density at radius 2 is 1.92 bits per heavy atom. The second-order valence-electron chi connectivity index (χ2n) is 2.27. The summed E-state index contributed by atoms with van der Waals surface area (Å²) in [5.41, 5.74) is 0.0682. The van der Waals surface area contributed by atoms with Gasteiger partial charge in [-0.05, 0) is 13.3 Å². The van der Waals surface area contributed by atoms with Crippen LogP contribution in [0.15, 0.2) is 11.6 Å². The summed E-state index contributed by atoms with van der Waals surface area (Å²) < 4.78 is 28.6. The summed E-state index contributed by atoms with van der Waals surface area (Å²) in [7, 11) is -3.98. The van der Waals surface area contributed by atoms with Gasteiger partial charge >= 0.3 is 35.5 Å². The summed E-state index contributed by atoms with van der Waals surface area (Å²) in [4.78, 5) is 10.2. The van der Waals surface area contributed by atoms with Gasteiger partial charge in [0.25, 0.3) is 10.1 Å². The molecule has 0 aliphatic carbocycles. The molecule has 0 unspecified atom stereocenters. The summed E-state index contributed by atoms with van der Waals surface area (Å²) >= 11 is 0. The van der Waals surface area contributed by atoms with Crippen molar-refractivity contribution < 1.29 is 22.9 Å². The maximum absolute atomic E-state index is 10.2. The molecule has 0 heterocycles. The molecule has 13 heavy (non-hydrogen) atoms. The minimum absolute atomic E-state index is 0. The Kier molecular flexibility index (Phi) is 7.86. The van der Waals surface area contributed by atoms with Crippen LogP contribution in [-0.4, -0.2) is 59.4 Å². The van der Waals surface area contributed by atoms with Crippen LogP contribution in [0.25, 0.3) is 0 Å². The molecule has 0 atom stereocenters. The Bertz CT molecular complexity index is 292. The molecular weight excluding hydrogens is 207 g/mol. The molecule has 0 aromatic heterocycles. The third kappa shape index (κ3) is 10.0. The molecule has 5 nitrogen and oxygen atoms in total. The molecule has 2 N–H and O–H groups in total. The van der Waals surface area contributed by atoms with Gasteiger partial charge in [-0.3, -0.25) is 4.55 Å². The first-order chi connectivity index (χ1) is 5.33. The first-order valence-electron chi connectivity index (χ1n) is 3.18. The number of carbonyl (C=O) groups is 1. The van der Waals surface area contributed by atoms with Gasteiger partial charge in [0.1, 0.15) is 0 Å². The Morgan fingerprint density at radius 3 is 2.23 bits per heavy atom. The molecule has 7 heteroatoms. The number of aliphatic carboxylic acids is 1. The molecule has 72 valence electrons. The molecule has 0 amide bonds. The van der Waals surface area contributed by atoms with Gasteiger partial charge in [-0.2, -0.15) is 8.42 Å². The molecule has 0 aromatic rings. The van der Waals surface area contributed by atoms with E-state index in [1.54, 1.807) is 0 Å². The average molecular weight is 218 g/mol. The normalized spacial score (nSPS) is 12.0. The molecule has 0 radical (unpaired) electrons. The van der Waals surface area contributed by atoms with Crippen LogP contribution >= 0.6 is 0 Å². The molecule has 0 aliphatic heterocycles. The van der Waals surface area contributed by atoms with E-state index < -0.39 is 21.8 Å². The zero-order valence-corrected chi connectivity index (χ0v) is 7.34. The van der Waals surface area contributed by atoms with Crippen molar-refractivity contribution in [2.75, 3.05) is 5.75 Å². The number of carboxylic acids is 1. The van der Waals surface area contributed by atoms with Crippen molar-refractivity contribution in [3.63, 3.8) is 0 Å². The van der Waals surface area contributed by atoms with Gasteiger partial charge in [0.05, 0.1) is 5.75 Å². The summed E-state index contributed by atoms with van der Waals surface area (Å²) in [5, 5.41) is 8.33. The zero-order chi connectivity index (χ0) is 9.78. The van der Waals surface area contributed by atoms with E-state index in [1.165, 1.54) is 13.0 Å². The Balaban J connectivity index is 0. The molecule has 0 saturated heterocycles. The van der Waals surface area contributed by atoms with Crippen molar-refractivity contribution >= 4 is 45.6 Å². The van der Waals surface area contributed by atoms with Crippen molar-refractivity contribution in [3.05, 3.63) is 11.6 Å². The van der Waals surface area contributed by atoms with Crippen LogP contribution in [-0.2, 0) is 14.9 Å². The number of rotatable bonds is 4. The number of allylic oxidation sites excluding steroid dienone is 1. The van der Waals surface area contributed by atoms with Gasteiger partial charge in [0.2, 0.25) is 0 Å². The van der Waals surface area contributed by atoms with Crippen LogP contribution in [0, 0.1) is 0 Å². The van der Waals surface area contributed by atoms with Crippen molar-refractivity contribution in [3.8, 4) is 0 Å². The summed E-state index contributed by atoms with van der Waals surface area (Å²) in [6, 6.07) is 0. The number of carboxylic acid groups (broad SMARTS) is 1. The van der Waals surface area contributed by atoms with Gasteiger partial charge in [-0.15, -0.1) is 0 Å². The fourth-order valence-corrected chi connectivity index (χ4v) is 0.927. The molecule has 0 spiro atoms. The third-order valence-electron chi connectivity index (χ3n) is 1.16. The maximum atomic E-state index is 10.2. The van der Waals surface area contributed by atoms with Gasteiger partial charge in [0, 0.05) is 5.57 Å². The Morgan fingerprint density at radius 1 is 1.46 bits per heavy atom. The van der Waals surface area contributed by atoms with E-state index in [9.17, 15) is 13.2 Å². The summed E-state index contributed by atoms with van der Waals surface area (Å²) in [6.07, 6.45) is 1.26. The van der Waals surface area contributed by atoms with E-state index >= 15 is 0 Å². The van der Waals surface area contributed by atoms with E-state index in [-0.39, 0.29) is 41.6 Å². The number of hydrogen-bond acceptors (Lipinski definition) is 3. The van der Waals surface area contributed by atoms with Gasteiger partial charge in [0.15, 0.2) is 0 Å². The van der Waals surface area contributed by atoms with E-state index in [1.807, 2.05) is 0 Å². The van der Waals surface area contributed by atoms with Gasteiger partial charge in [-0.1, -0.05) is 6.08 Å². The second kappa shape index (κ2) is 6.56. The first kappa shape index (κ1) is 15.6. The SMILES string of the molecule is CC(=CCCS(=O)(=O)O)C(=O)O.[NaH]. The fraction of sp³-hybridized carbons (Fsp3) is 0.500. The van der Waals surface area contributed by atoms with E-state index in [2.05, 4.69) is 0 Å². The van der Waals surface area contributed by atoms with Crippen molar-refractivity contribution in [1.29, 1.82) is 0 Å². The van der Waals surface area contributed by atoms with Crippen molar-refractivity contribution in [2.45, 2.75) is 13.3 Å². The third-order valence-corrected chi connectivity index (χ3v) is 1.92. The summed E-state index contributed by atoms with van der Waals surface area (Å²) in [5.74, 6) is -1.54. The van der Waals surface area contributed by atoms with Crippen LogP contribution in [0.1, 0.15) is 13.3 Å². The monoisotopic (exact) mass is 218 g/mol. The second-order valence-corrected chi connectivity index (χ2v) is 3.84. The standard InChI is InChI=1S/C6H10O5S.Na.H/c1-5(6(7)8)3-2-4-12(9,10)11;;/h3H,2,4H2,1H3,(H,7,8)(H,9,10,11);;. The Labute approximate surface area is 98.9 Å².